The molecule has 0 fully saturated rings. The molecule has 3 heteroatoms. The van der Waals surface area contributed by atoms with Gasteiger partial charge in [-0.3, -0.25) is 4.79 Å². The molecular formula is C12H25NO2. The highest BCUT2D eigenvalue weighted by atomic mass is 16.4. The summed E-state index contributed by atoms with van der Waals surface area (Å²) in [5.41, 5.74) is 5.56. The average molecular weight is 215 g/mol. The summed E-state index contributed by atoms with van der Waals surface area (Å²) in [6.07, 6.45) is 3.54. The minimum absolute atomic E-state index is 0.143. The molecule has 0 aliphatic carbocycles. The zero-order valence-electron chi connectivity index (χ0n) is 10.2. The Morgan fingerprint density at radius 2 is 1.87 bits per heavy atom. The minimum atomic E-state index is -0.735. The van der Waals surface area contributed by atoms with Crippen LogP contribution in [0.25, 0.3) is 0 Å². The number of carboxylic acid groups (broad SMARTS) is 1. The van der Waals surface area contributed by atoms with Crippen LogP contribution >= 0.6 is 0 Å². The second kappa shape index (κ2) is 7.69. The van der Waals surface area contributed by atoms with Crippen molar-refractivity contribution >= 4 is 5.97 Å². The summed E-state index contributed by atoms with van der Waals surface area (Å²) in [6.45, 7) is 7.10. The maximum atomic E-state index is 10.6. The Kier molecular flexibility index (Phi) is 7.39. The van der Waals surface area contributed by atoms with Crippen molar-refractivity contribution in [2.45, 2.75) is 46.5 Å². The van der Waals surface area contributed by atoms with Crippen molar-refractivity contribution in [3.8, 4) is 0 Å². The predicted molar refractivity (Wildman–Crippen MR) is 62.7 cm³/mol. The maximum absolute atomic E-state index is 10.6. The lowest BCUT2D eigenvalue weighted by Crippen LogP contribution is -2.20. The van der Waals surface area contributed by atoms with Gasteiger partial charge in [0.05, 0.1) is 0 Å². The van der Waals surface area contributed by atoms with Crippen LogP contribution in [-0.4, -0.2) is 17.6 Å². The van der Waals surface area contributed by atoms with E-state index in [0.29, 0.717) is 12.5 Å². The SMILES string of the molecule is CC(C)CC[C@@H](C)C[C@@H](CN)CC(=O)O. The molecule has 0 saturated heterocycles. The predicted octanol–water partition coefficient (Wildman–Crippen LogP) is 2.50. The second-order valence-corrected chi connectivity index (χ2v) is 5.01. The zero-order valence-corrected chi connectivity index (χ0v) is 10.2. The molecule has 0 aromatic rings. The zero-order chi connectivity index (χ0) is 11.8. The van der Waals surface area contributed by atoms with Gasteiger partial charge in [-0.1, -0.05) is 33.6 Å². The first kappa shape index (κ1) is 14.4. The lowest BCUT2D eigenvalue weighted by Gasteiger charge is -2.18. The first-order valence-electron chi connectivity index (χ1n) is 5.87. The van der Waals surface area contributed by atoms with Gasteiger partial charge in [0.25, 0.3) is 0 Å². The molecule has 0 heterocycles. The van der Waals surface area contributed by atoms with E-state index in [2.05, 4.69) is 20.8 Å². The van der Waals surface area contributed by atoms with E-state index in [1.807, 2.05) is 0 Å². The smallest absolute Gasteiger partial charge is 0.303 e. The van der Waals surface area contributed by atoms with Gasteiger partial charge < -0.3 is 10.8 Å². The van der Waals surface area contributed by atoms with Crippen LogP contribution in [0.2, 0.25) is 0 Å². The number of nitrogens with two attached hydrogens (primary N) is 1. The van der Waals surface area contributed by atoms with Gasteiger partial charge in [0, 0.05) is 6.42 Å². The fourth-order valence-corrected chi connectivity index (χ4v) is 1.81. The number of carboxylic acids is 1. The summed E-state index contributed by atoms with van der Waals surface area (Å²) in [7, 11) is 0. The Bertz CT molecular complexity index is 180. The van der Waals surface area contributed by atoms with Crippen LogP contribution in [0.1, 0.15) is 46.5 Å². The van der Waals surface area contributed by atoms with Crippen molar-refractivity contribution in [3.05, 3.63) is 0 Å². The molecule has 0 bridgehead atoms. The Labute approximate surface area is 93.0 Å². The van der Waals surface area contributed by atoms with Crippen LogP contribution in [0, 0.1) is 17.8 Å². The topological polar surface area (TPSA) is 63.3 Å². The van der Waals surface area contributed by atoms with Crippen molar-refractivity contribution < 1.29 is 9.90 Å². The molecule has 0 radical (unpaired) electrons. The van der Waals surface area contributed by atoms with E-state index in [0.717, 1.165) is 12.3 Å². The monoisotopic (exact) mass is 215 g/mol. The molecule has 0 spiro atoms. The maximum Gasteiger partial charge on any atom is 0.303 e. The molecule has 0 aliphatic heterocycles. The largest absolute Gasteiger partial charge is 0.481 e. The summed E-state index contributed by atoms with van der Waals surface area (Å²) in [4.78, 5) is 10.6. The lowest BCUT2D eigenvalue weighted by atomic mass is 9.89. The molecule has 0 rings (SSSR count). The van der Waals surface area contributed by atoms with Gasteiger partial charge >= 0.3 is 5.97 Å². The molecule has 3 N–H and O–H groups in total. The first-order chi connectivity index (χ1) is 6.95. The Hall–Kier alpha value is -0.570. The van der Waals surface area contributed by atoms with Crippen LogP contribution in [0.5, 0.6) is 0 Å². The van der Waals surface area contributed by atoms with E-state index < -0.39 is 5.97 Å². The van der Waals surface area contributed by atoms with Gasteiger partial charge in [-0.2, -0.15) is 0 Å². The second-order valence-electron chi connectivity index (χ2n) is 5.01. The third-order valence-electron chi connectivity index (χ3n) is 2.77. The molecule has 0 unspecified atom stereocenters. The normalized spacial score (nSPS) is 15.3. The highest BCUT2D eigenvalue weighted by molar-refractivity contribution is 5.67. The number of aliphatic carboxylic acids is 1. The number of hydrogen-bond donors (Lipinski definition) is 2. The molecule has 0 amide bonds. The Morgan fingerprint density at radius 1 is 1.27 bits per heavy atom. The molecule has 90 valence electrons. The quantitative estimate of drug-likeness (QED) is 0.654. The fourth-order valence-electron chi connectivity index (χ4n) is 1.81. The fraction of sp³-hybridized carbons (Fsp3) is 0.917. The van der Waals surface area contributed by atoms with Gasteiger partial charge in [0.15, 0.2) is 0 Å². The van der Waals surface area contributed by atoms with Crippen molar-refractivity contribution in [3.63, 3.8) is 0 Å². The summed E-state index contributed by atoms with van der Waals surface area (Å²) in [6, 6.07) is 0. The summed E-state index contributed by atoms with van der Waals surface area (Å²) in [5.74, 6) is 0.717. The molecule has 0 aromatic heterocycles. The van der Waals surface area contributed by atoms with Crippen molar-refractivity contribution in [1.82, 2.24) is 0 Å². The van der Waals surface area contributed by atoms with E-state index in [1.54, 1.807) is 0 Å². The Morgan fingerprint density at radius 3 is 2.27 bits per heavy atom. The Balaban J connectivity index is 3.79. The molecule has 3 nitrogen and oxygen atoms in total. The molecule has 15 heavy (non-hydrogen) atoms. The van der Waals surface area contributed by atoms with Crippen LogP contribution in [0.3, 0.4) is 0 Å². The van der Waals surface area contributed by atoms with Gasteiger partial charge in [-0.05, 0) is 30.7 Å². The van der Waals surface area contributed by atoms with Crippen LogP contribution in [0.4, 0.5) is 0 Å². The van der Waals surface area contributed by atoms with Gasteiger partial charge in [0.2, 0.25) is 0 Å². The van der Waals surface area contributed by atoms with Gasteiger partial charge in [0.1, 0.15) is 0 Å². The molecule has 2 atom stereocenters. The standard InChI is InChI=1S/C12H25NO2/c1-9(2)4-5-10(3)6-11(8-13)7-12(14)15/h9-11H,4-8,13H2,1-3H3,(H,14,15)/t10-,11-/m1/s1. The van der Waals surface area contributed by atoms with Crippen LogP contribution < -0.4 is 5.73 Å². The van der Waals surface area contributed by atoms with E-state index in [4.69, 9.17) is 10.8 Å². The van der Waals surface area contributed by atoms with E-state index in [9.17, 15) is 4.79 Å². The average Bonchev–Trinajstić information content (AvgIpc) is 2.13. The van der Waals surface area contributed by atoms with Gasteiger partial charge in [-0.15, -0.1) is 0 Å². The molecular weight excluding hydrogens is 190 g/mol. The van der Waals surface area contributed by atoms with Crippen molar-refractivity contribution in [2.75, 3.05) is 6.54 Å². The number of hydrogen-bond acceptors (Lipinski definition) is 2. The number of carbonyl (C=O) groups is 1. The summed E-state index contributed by atoms with van der Waals surface area (Å²) >= 11 is 0. The van der Waals surface area contributed by atoms with Crippen LogP contribution in [0.15, 0.2) is 0 Å². The van der Waals surface area contributed by atoms with Crippen molar-refractivity contribution in [1.29, 1.82) is 0 Å². The van der Waals surface area contributed by atoms with E-state index in [1.165, 1.54) is 12.8 Å². The van der Waals surface area contributed by atoms with E-state index in [-0.39, 0.29) is 12.3 Å². The minimum Gasteiger partial charge on any atom is -0.481 e. The van der Waals surface area contributed by atoms with Crippen LogP contribution in [-0.2, 0) is 4.79 Å². The van der Waals surface area contributed by atoms with Gasteiger partial charge in [-0.25, -0.2) is 0 Å². The molecule has 0 aliphatic rings. The molecule has 0 aromatic carbocycles. The third kappa shape index (κ3) is 8.43. The first-order valence-corrected chi connectivity index (χ1v) is 5.87. The summed E-state index contributed by atoms with van der Waals surface area (Å²) in [5, 5.41) is 8.69. The summed E-state index contributed by atoms with van der Waals surface area (Å²) < 4.78 is 0. The van der Waals surface area contributed by atoms with Crippen molar-refractivity contribution in [2.24, 2.45) is 23.5 Å². The third-order valence-corrected chi connectivity index (χ3v) is 2.77. The molecule has 0 saturated carbocycles. The highest BCUT2D eigenvalue weighted by Crippen LogP contribution is 2.20. The highest BCUT2D eigenvalue weighted by Gasteiger charge is 2.15. The van der Waals surface area contributed by atoms with E-state index >= 15 is 0 Å². The lowest BCUT2D eigenvalue weighted by molar-refractivity contribution is -0.138. The number of rotatable bonds is 8.